The summed E-state index contributed by atoms with van der Waals surface area (Å²) in [5, 5.41) is 3.32. The van der Waals surface area contributed by atoms with E-state index in [0.717, 1.165) is 56.0 Å². The number of nitrogens with one attached hydrogen (secondary N) is 3. The maximum absolute atomic E-state index is 13.1. The van der Waals surface area contributed by atoms with E-state index >= 15 is 0 Å². The number of hydrogen-bond donors (Lipinski definition) is 3. The predicted octanol–water partition coefficient (Wildman–Crippen LogP) is 8.45. The fourth-order valence-corrected chi connectivity index (χ4v) is 8.58. The molecule has 2 aromatic heterocycles. The molecular weight excluding hydrogens is 776 g/mol. The van der Waals surface area contributed by atoms with Gasteiger partial charge in [-0.2, -0.15) is 0 Å². The molecule has 0 unspecified atom stereocenters. The average Bonchev–Trinajstić information content (AvgIpc) is 4.08. The lowest BCUT2D eigenvalue weighted by molar-refractivity contribution is 0.0980. The minimum absolute atomic E-state index is 0.100. The number of benzene rings is 4. The van der Waals surface area contributed by atoms with Gasteiger partial charge < -0.3 is 20.0 Å². The molecule has 3 fully saturated rings. The lowest BCUT2D eigenvalue weighted by atomic mass is 9.83. The molecule has 4 aromatic carbocycles. The Morgan fingerprint density at radius 3 is 1.48 bits per heavy atom. The zero-order valence-electron chi connectivity index (χ0n) is 34.2. The summed E-state index contributed by atoms with van der Waals surface area (Å²) in [4.78, 5) is 69.1. The maximum atomic E-state index is 13.1. The summed E-state index contributed by atoms with van der Waals surface area (Å²) in [7, 11) is 0. The monoisotopic (exact) mass is 826 g/mol. The Kier molecular flexibility index (Phi) is 12.8. The molecule has 3 N–H and O–H groups in total. The highest BCUT2D eigenvalue weighted by atomic mass is 35.5. The molecule has 12 heteroatoms. The van der Waals surface area contributed by atoms with Crippen LogP contribution in [-0.2, 0) is 17.2 Å². The third-order valence-electron chi connectivity index (χ3n) is 12.0. The number of nitrogens with zero attached hydrogens (tertiary/aromatic N) is 3. The largest absolute Gasteiger partial charge is 0.381 e. The number of likely N-dealkylation sites (tertiary alicyclic amines) is 1. The molecule has 3 saturated heterocycles. The van der Waals surface area contributed by atoms with Gasteiger partial charge in [-0.1, -0.05) is 62.4 Å². The standard InChI is InChI=1S/C22H21N3O2.C16H9ClN2O2.C6H13N.C4H8O/c1-13-8-10-25(11-9-13)12-18-23-17-7-6-16-19(20(17)24-18)22(27)15-5-3-2-4-14(15)21(16)26;17-7-12-18-11-6-5-10-13(14(11)19-12)16(21)9-4-2-1-3-8(9)15(10)20;1-6-2-4-7-5-3-6;1-2-4-5-3-1/h2-7,13H,8-12H2,1H3,(H,23,24);1-6H,7H2,(H,18,19);6-7H,2-5H2,1H3;1-4H2. The fourth-order valence-electron chi connectivity index (χ4n) is 8.46. The molecule has 0 atom stereocenters. The van der Waals surface area contributed by atoms with Crippen LogP contribution in [0.4, 0.5) is 0 Å². The number of halogens is 1. The van der Waals surface area contributed by atoms with Gasteiger partial charge in [-0.05, 0) is 101 Å². The summed E-state index contributed by atoms with van der Waals surface area (Å²) in [6.45, 7) is 12.0. The van der Waals surface area contributed by atoms with Gasteiger partial charge in [0, 0.05) is 46.6 Å². The number of H-pyrrole nitrogens is 2. The van der Waals surface area contributed by atoms with E-state index in [1.807, 2.05) is 6.07 Å². The first-order chi connectivity index (χ1) is 29.2. The van der Waals surface area contributed by atoms with Crippen LogP contribution in [0.5, 0.6) is 0 Å². The van der Waals surface area contributed by atoms with Crippen molar-refractivity contribution in [3.05, 3.63) is 129 Å². The molecule has 5 heterocycles. The first-order valence-electron chi connectivity index (χ1n) is 21.2. The lowest BCUT2D eigenvalue weighted by Gasteiger charge is -2.29. The molecule has 0 bridgehead atoms. The van der Waals surface area contributed by atoms with Crippen molar-refractivity contribution >= 4 is 56.8 Å². The van der Waals surface area contributed by atoms with Crippen molar-refractivity contribution in [2.45, 2.75) is 64.8 Å². The van der Waals surface area contributed by atoms with E-state index in [-0.39, 0.29) is 29.0 Å². The van der Waals surface area contributed by atoms with Crippen LogP contribution in [0.1, 0.15) is 128 Å². The predicted molar refractivity (Wildman–Crippen MR) is 233 cm³/mol. The summed E-state index contributed by atoms with van der Waals surface area (Å²) >= 11 is 5.78. The van der Waals surface area contributed by atoms with E-state index in [9.17, 15) is 19.2 Å². The Morgan fingerprint density at radius 1 is 0.600 bits per heavy atom. The van der Waals surface area contributed by atoms with Crippen molar-refractivity contribution < 1.29 is 23.9 Å². The molecule has 0 spiro atoms. The van der Waals surface area contributed by atoms with Crippen molar-refractivity contribution in [3.63, 3.8) is 0 Å². The van der Waals surface area contributed by atoms with Crippen LogP contribution < -0.4 is 5.32 Å². The van der Waals surface area contributed by atoms with Gasteiger partial charge in [0.2, 0.25) is 0 Å². The van der Waals surface area contributed by atoms with Crippen molar-refractivity contribution in [1.82, 2.24) is 30.2 Å². The van der Waals surface area contributed by atoms with Crippen molar-refractivity contribution in [3.8, 4) is 0 Å². The number of piperidine rings is 2. The molecule has 0 amide bonds. The second kappa shape index (κ2) is 18.5. The number of ether oxygens (including phenoxy) is 1. The van der Waals surface area contributed by atoms with Crippen LogP contribution in [0.3, 0.4) is 0 Å². The van der Waals surface area contributed by atoms with Gasteiger partial charge >= 0.3 is 0 Å². The van der Waals surface area contributed by atoms with Crippen molar-refractivity contribution in [1.29, 1.82) is 0 Å². The summed E-state index contributed by atoms with van der Waals surface area (Å²) < 4.78 is 4.94. The van der Waals surface area contributed by atoms with Gasteiger partial charge in [0.1, 0.15) is 22.7 Å². The zero-order valence-corrected chi connectivity index (χ0v) is 35.0. The molecule has 0 radical (unpaired) electrons. The maximum Gasteiger partial charge on any atom is 0.196 e. The molecule has 6 aromatic rings. The number of aromatic amines is 2. The highest BCUT2D eigenvalue weighted by molar-refractivity contribution is 6.32. The minimum Gasteiger partial charge on any atom is -0.381 e. The van der Waals surface area contributed by atoms with Crippen molar-refractivity contribution in [2.24, 2.45) is 11.8 Å². The van der Waals surface area contributed by atoms with Crippen LogP contribution in [0, 0.1) is 11.8 Å². The molecule has 310 valence electrons. The normalized spacial score (nSPS) is 17.7. The third kappa shape index (κ3) is 8.63. The fraction of sp³-hybridized carbons (Fsp3) is 0.375. The summed E-state index contributed by atoms with van der Waals surface area (Å²) in [6, 6.07) is 20.9. The molecule has 11 rings (SSSR count). The number of rotatable bonds is 3. The summed E-state index contributed by atoms with van der Waals surface area (Å²) in [5.74, 6) is 2.89. The minimum atomic E-state index is -0.168. The summed E-state index contributed by atoms with van der Waals surface area (Å²) in [6.07, 6.45) is 7.72. The topological polar surface area (TPSA) is 150 Å². The molecular formula is C48H51ClN6O5. The number of alkyl halides is 1. The van der Waals surface area contributed by atoms with Gasteiger partial charge in [-0.15, -0.1) is 11.6 Å². The van der Waals surface area contributed by atoms with E-state index in [1.54, 1.807) is 66.7 Å². The van der Waals surface area contributed by atoms with E-state index in [2.05, 4.69) is 39.0 Å². The number of carbonyl (C=O) groups is 4. The van der Waals surface area contributed by atoms with E-state index < -0.39 is 0 Å². The van der Waals surface area contributed by atoms with Gasteiger partial charge in [0.05, 0.1) is 34.6 Å². The average molecular weight is 827 g/mol. The molecule has 60 heavy (non-hydrogen) atoms. The third-order valence-corrected chi connectivity index (χ3v) is 12.3. The Morgan fingerprint density at radius 2 is 1.05 bits per heavy atom. The summed E-state index contributed by atoms with van der Waals surface area (Å²) in [5.41, 5.74) is 6.13. The number of imidazole rings is 2. The Bertz CT molecular complexity index is 2550. The van der Waals surface area contributed by atoms with E-state index in [1.165, 1.54) is 51.6 Å². The number of ketones is 4. The second-order valence-electron chi connectivity index (χ2n) is 16.4. The van der Waals surface area contributed by atoms with Crippen LogP contribution in [0.15, 0.2) is 72.8 Å². The van der Waals surface area contributed by atoms with Crippen LogP contribution in [-0.4, -0.2) is 87.4 Å². The second-order valence-corrected chi connectivity index (χ2v) is 16.7. The Balaban J connectivity index is 0.000000132. The number of hydrogen-bond acceptors (Lipinski definition) is 9. The zero-order chi connectivity index (χ0) is 41.8. The van der Waals surface area contributed by atoms with E-state index in [4.69, 9.17) is 21.3 Å². The van der Waals surface area contributed by atoms with Crippen LogP contribution >= 0.6 is 11.6 Å². The number of carbonyl (C=O) groups excluding carboxylic acids is 4. The number of fused-ring (bicyclic) bond motifs is 8. The molecule has 2 aliphatic carbocycles. The first-order valence-corrected chi connectivity index (χ1v) is 21.7. The number of aromatic nitrogens is 4. The SMILES string of the molecule is C1CCOC1.CC1CCN(Cc2nc3c4c(ccc3[nH]2)C(=O)c2ccccc2C4=O)CC1.CC1CCNCC1.O=C1c2ccccc2C(=O)c2c1ccc1[nH]c(CCl)nc21. The Labute approximate surface area is 354 Å². The quantitative estimate of drug-likeness (QED) is 0.149. The first kappa shape index (κ1) is 41.4. The van der Waals surface area contributed by atoms with Gasteiger partial charge in [0.25, 0.3) is 0 Å². The highest BCUT2D eigenvalue weighted by Gasteiger charge is 2.33. The molecule has 3 aliphatic heterocycles. The highest BCUT2D eigenvalue weighted by Crippen LogP contribution is 2.33. The van der Waals surface area contributed by atoms with Crippen molar-refractivity contribution in [2.75, 3.05) is 39.4 Å². The van der Waals surface area contributed by atoms with Crippen LogP contribution in [0.2, 0.25) is 0 Å². The van der Waals surface area contributed by atoms with Gasteiger partial charge in [0.15, 0.2) is 23.1 Å². The van der Waals surface area contributed by atoms with Gasteiger partial charge in [-0.25, -0.2) is 9.97 Å². The molecule has 5 aliphatic rings. The lowest BCUT2D eigenvalue weighted by Crippen LogP contribution is -2.32. The molecule has 0 saturated carbocycles. The molecule has 11 nitrogen and oxygen atoms in total. The van der Waals surface area contributed by atoms with E-state index in [0.29, 0.717) is 66.9 Å². The Hall–Kier alpha value is -5.33. The van der Waals surface area contributed by atoms with Gasteiger partial charge in [-0.3, -0.25) is 24.1 Å². The smallest absolute Gasteiger partial charge is 0.196 e. The van der Waals surface area contributed by atoms with Crippen LogP contribution in [0.25, 0.3) is 22.1 Å².